The van der Waals surface area contributed by atoms with Crippen molar-refractivity contribution in [3.05, 3.63) is 90.0 Å². The minimum absolute atomic E-state index is 0.0191. The van der Waals surface area contributed by atoms with E-state index >= 15 is 0 Å². The first-order valence-corrected chi connectivity index (χ1v) is 7.37. The van der Waals surface area contributed by atoms with E-state index in [0.29, 0.717) is 16.9 Å². The van der Waals surface area contributed by atoms with E-state index in [1.165, 1.54) is 0 Å². The van der Waals surface area contributed by atoms with Crippen LogP contribution in [0.2, 0.25) is 0 Å². The molecule has 1 atom stereocenters. The third-order valence-corrected chi connectivity index (χ3v) is 3.84. The van der Waals surface area contributed by atoms with Gasteiger partial charge in [0.15, 0.2) is 11.9 Å². The van der Waals surface area contributed by atoms with Gasteiger partial charge >= 0.3 is 0 Å². The lowest BCUT2D eigenvalue weighted by Gasteiger charge is -2.28. The molecule has 2 aromatic carbocycles. The third kappa shape index (κ3) is 2.44. The van der Waals surface area contributed by atoms with Crippen LogP contribution in [0, 0.1) is 0 Å². The first-order valence-electron chi connectivity index (χ1n) is 7.37. The van der Waals surface area contributed by atoms with E-state index in [1.807, 2.05) is 48.5 Å². The van der Waals surface area contributed by atoms with Crippen LogP contribution >= 0.6 is 0 Å². The maximum atomic E-state index is 12.9. The largest absolute Gasteiger partial charge is 0.480 e. The average molecular weight is 302 g/mol. The molecule has 3 aromatic rings. The molecule has 2 heterocycles. The predicted molar refractivity (Wildman–Crippen MR) is 87.1 cm³/mol. The zero-order chi connectivity index (χ0) is 15.6. The Hall–Kier alpha value is -3.14. The minimum Gasteiger partial charge on any atom is -0.480 e. The molecule has 4 nitrogen and oxygen atoms in total. The Morgan fingerprint density at radius 2 is 1.83 bits per heavy atom. The summed E-state index contributed by atoms with van der Waals surface area (Å²) in [5.74, 6) is 0.600. The summed E-state index contributed by atoms with van der Waals surface area (Å²) in [5, 5.41) is 0. The summed E-state index contributed by atoms with van der Waals surface area (Å²) in [6, 6.07) is 17.1. The number of carbonyl (C=O) groups excluding carboxylic acids is 1. The summed E-state index contributed by atoms with van der Waals surface area (Å²) in [6.07, 6.45) is 6.48. The smallest absolute Gasteiger partial charge is 0.198 e. The zero-order valence-electron chi connectivity index (χ0n) is 12.3. The van der Waals surface area contributed by atoms with E-state index in [1.54, 1.807) is 35.6 Å². The average Bonchev–Trinajstić information content (AvgIpc) is 3.11. The number of para-hydroxylation sites is 1. The molecule has 23 heavy (non-hydrogen) atoms. The molecule has 0 N–H and O–H groups in total. The van der Waals surface area contributed by atoms with Gasteiger partial charge in [-0.25, -0.2) is 4.98 Å². The van der Waals surface area contributed by atoms with Gasteiger partial charge in [0.25, 0.3) is 0 Å². The molecule has 4 heteroatoms. The number of hydrogen-bond acceptors (Lipinski definition) is 3. The van der Waals surface area contributed by atoms with E-state index in [0.717, 1.165) is 5.56 Å². The summed E-state index contributed by atoms with van der Waals surface area (Å²) in [6.45, 7) is 0. The Bertz CT molecular complexity index is 867. The molecule has 1 aromatic heterocycles. The van der Waals surface area contributed by atoms with Gasteiger partial charge in [-0.15, -0.1) is 0 Å². The molecule has 4 rings (SSSR count). The van der Waals surface area contributed by atoms with Gasteiger partial charge in [0, 0.05) is 18.6 Å². The summed E-state index contributed by atoms with van der Waals surface area (Å²) in [5.41, 5.74) is 2.13. The summed E-state index contributed by atoms with van der Waals surface area (Å²) in [7, 11) is 0. The molecule has 0 aliphatic carbocycles. The number of aromatic nitrogens is 2. The molecule has 0 spiro atoms. The van der Waals surface area contributed by atoms with Crippen molar-refractivity contribution in [2.24, 2.45) is 0 Å². The molecular weight excluding hydrogens is 288 g/mol. The Balaban J connectivity index is 1.87. The van der Waals surface area contributed by atoms with Crippen LogP contribution in [-0.2, 0) is 0 Å². The molecule has 0 bridgehead atoms. The van der Waals surface area contributed by atoms with Crippen molar-refractivity contribution in [2.45, 2.75) is 6.10 Å². The van der Waals surface area contributed by atoms with Crippen LogP contribution in [0.25, 0.3) is 6.20 Å². The fourth-order valence-corrected chi connectivity index (χ4v) is 2.73. The molecule has 0 saturated heterocycles. The number of ether oxygens (including phenoxy) is 1. The Morgan fingerprint density at radius 1 is 1.04 bits per heavy atom. The molecule has 1 aliphatic heterocycles. The number of benzene rings is 2. The second-order valence-electron chi connectivity index (χ2n) is 5.33. The van der Waals surface area contributed by atoms with E-state index in [4.69, 9.17) is 4.74 Å². The van der Waals surface area contributed by atoms with Crippen LogP contribution in [0.1, 0.15) is 22.0 Å². The molecule has 112 valence electrons. The first kappa shape index (κ1) is 13.5. The summed E-state index contributed by atoms with van der Waals surface area (Å²) in [4.78, 5) is 17.0. The maximum Gasteiger partial charge on any atom is 0.198 e. The van der Waals surface area contributed by atoms with Gasteiger partial charge < -0.3 is 9.30 Å². The second-order valence-corrected chi connectivity index (χ2v) is 5.33. The van der Waals surface area contributed by atoms with Gasteiger partial charge in [-0.1, -0.05) is 42.5 Å². The SMILES string of the molecule is O=C1/C(=C/n2ccnc2)C(c2ccccc2)Oc2ccccc21. The quantitative estimate of drug-likeness (QED) is 0.677. The second kappa shape index (κ2) is 5.57. The third-order valence-electron chi connectivity index (χ3n) is 3.84. The van der Waals surface area contributed by atoms with Crippen molar-refractivity contribution in [2.75, 3.05) is 0 Å². The van der Waals surface area contributed by atoms with E-state index in [2.05, 4.69) is 4.98 Å². The molecular formula is C19H14N2O2. The number of Topliss-reactive ketones (excluding diaryl/α,β-unsaturated/α-hetero) is 1. The van der Waals surface area contributed by atoms with Gasteiger partial charge in [0.05, 0.1) is 17.5 Å². The number of hydrogen-bond donors (Lipinski definition) is 0. The number of ketones is 1. The van der Waals surface area contributed by atoms with E-state index in [9.17, 15) is 4.79 Å². The fourth-order valence-electron chi connectivity index (χ4n) is 2.73. The molecule has 0 fully saturated rings. The molecule has 0 amide bonds. The van der Waals surface area contributed by atoms with Crippen LogP contribution in [-0.4, -0.2) is 15.3 Å². The van der Waals surface area contributed by atoms with Crippen LogP contribution in [0.5, 0.6) is 5.75 Å². The highest BCUT2D eigenvalue weighted by molar-refractivity contribution is 6.13. The van der Waals surface area contributed by atoms with Crippen molar-refractivity contribution in [3.63, 3.8) is 0 Å². The Labute approximate surface area is 133 Å². The highest BCUT2D eigenvalue weighted by Crippen LogP contribution is 2.38. The van der Waals surface area contributed by atoms with Crippen molar-refractivity contribution in [1.82, 2.24) is 9.55 Å². The molecule has 0 saturated carbocycles. The van der Waals surface area contributed by atoms with Gasteiger partial charge in [-0.05, 0) is 17.7 Å². The Kier molecular flexibility index (Phi) is 3.27. The summed E-state index contributed by atoms with van der Waals surface area (Å²) >= 11 is 0. The minimum atomic E-state index is -0.430. The van der Waals surface area contributed by atoms with Crippen molar-refractivity contribution < 1.29 is 9.53 Å². The van der Waals surface area contributed by atoms with Gasteiger partial charge in [0.2, 0.25) is 0 Å². The molecule has 1 unspecified atom stereocenters. The lowest BCUT2D eigenvalue weighted by molar-refractivity contribution is 0.0963. The van der Waals surface area contributed by atoms with Crippen molar-refractivity contribution >= 4 is 12.0 Å². The van der Waals surface area contributed by atoms with Gasteiger partial charge in [-0.3, -0.25) is 4.79 Å². The highest BCUT2D eigenvalue weighted by Gasteiger charge is 2.32. The fraction of sp³-hybridized carbons (Fsp3) is 0.0526. The monoisotopic (exact) mass is 302 g/mol. The predicted octanol–water partition coefficient (Wildman–Crippen LogP) is 3.74. The first-order chi connectivity index (χ1) is 11.3. The number of fused-ring (bicyclic) bond motifs is 1. The number of rotatable bonds is 2. The standard InChI is InChI=1S/C19H14N2O2/c22-18-15-8-4-5-9-17(15)23-19(14-6-2-1-3-7-14)16(18)12-21-11-10-20-13-21/h1-13,19H/b16-12-. The zero-order valence-corrected chi connectivity index (χ0v) is 12.3. The van der Waals surface area contributed by atoms with Crippen LogP contribution in [0.15, 0.2) is 78.9 Å². The number of carbonyl (C=O) groups is 1. The lowest BCUT2D eigenvalue weighted by atomic mass is 9.91. The maximum absolute atomic E-state index is 12.9. The van der Waals surface area contributed by atoms with Crippen molar-refractivity contribution in [1.29, 1.82) is 0 Å². The van der Waals surface area contributed by atoms with Crippen LogP contribution in [0.4, 0.5) is 0 Å². The van der Waals surface area contributed by atoms with Crippen molar-refractivity contribution in [3.8, 4) is 5.75 Å². The summed E-state index contributed by atoms with van der Waals surface area (Å²) < 4.78 is 7.89. The number of imidazole rings is 1. The Morgan fingerprint density at radius 3 is 2.61 bits per heavy atom. The highest BCUT2D eigenvalue weighted by atomic mass is 16.5. The number of nitrogens with zero attached hydrogens (tertiary/aromatic N) is 2. The van der Waals surface area contributed by atoms with Gasteiger partial charge in [-0.2, -0.15) is 0 Å². The lowest BCUT2D eigenvalue weighted by Crippen LogP contribution is -2.24. The molecule has 0 radical (unpaired) electrons. The van der Waals surface area contributed by atoms with E-state index < -0.39 is 6.10 Å². The van der Waals surface area contributed by atoms with Crippen LogP contribution in [0.3, 0.4) is 0 Å². The topological polar surface area (TPSA) is 44.1 Å². The molecule has 1 aliphatic rings. The van der Waals surface area contributed by atoms with E-state index in [-0.39, 0.29) is 5.78 Å². The van der Waals surface area contributed by atoms with Gasteiger partial charge in [0.1, 0.15) is 5.75 Å². The normalized spacial score (nSPS) is 18.5. The van der Waals surface area contributed by atoms with Crippen LogP contribution < -0.4 is 4.74 Å².